The standard InChI is InChI=1S/C16H24N2O4/c1-5-18(11-15(19)17-2)16(20)9-6-12-10-13(21-3)7-8-14(12)22-4/h7-8,10H,5-6,9,11H2,1-4H3,(H,17,19). The molecular weight excluding hydrogens is 284 g/mol. The molecule has 0 aliphatic carbocycles. The summed E-state index contributed by atoms with van der Waals surface area (Å²) in [6.07, 6.45) is 0.845. The van der Waals surface area contributed by atoms with Crippen molar-refractivity contribution < 1.29 is 19.1 Å². The van der Waals surface area contributed by atoms with E-state index < -0.39 is 0 Å². The van der Waals surface area contributed by atoms with Crippen LogP contribution in [0.25, 0.3) is 0 Å². The van der Waals surface area contributed by atoms with E-state index in [-0.39, 0.29) is 18.4 Å². The molecule has 22 heavy (non-hydrogen) atoms. The first-order chi connectivity index (χ1) is 10.5. The topological polar surface area (TPSA) is 67.9 Å². The second kappa shape index (κ2) is 8.92. The zero-order chi connectivity index (χ0) is 16.5. The Labute approximate surface area is 131 Å². The molecule has 122 valence electrons. The smallest absolute Gasteiger partial charge is 0.239 e. The van der Waals surface area contributed by atoms with Crippen molar-refractivity contribution in [1.29, 1.82) is 0 Å². The SMILES string of the molecule is CCN(CC(=O)NC)C(=O)CCc1cc(OC)ccc1OC. The van der Waals surface area contributed by atoms with E-state index in [4.69, 9.17) is 9.47 Å². The highest BCUT2D eigenvalue weighted by molar-refractivity contribution is 5.84. The van der Waals surface area contributed by atoms with Gasteiger partial charge in [-0.3, -0.25) is 9.59 Å². The summed E-state index contributed by atoms with van der Waals surface area (Å²) in [7, 11) is 4.75. The minimum atomic E-state index is -0.172. The van der Waals surface area contributed by atoms with Gasteiger partial charge in [-0.2, -0.15) is 0 Å². The lowest BCUT2D eigenvalue weighted by Crippen LogP contribution is -2.39. The van der Waals surface area contributed by atoms with Gasteiger partial charge in [0.25, 0.3) is 0 Å². The van der Waals surface area contributed by atoms with Crippen LogP contribution < -0.4 is 14.8 Å². The highest BCUT2D eigenvalue weighted by Gasteiger charge is 2.16. The molecule has 0 saturated carbocycles. The lowest BCUT2D eigenvalue weighted by molar-refractivity contribution is -0.135. The van der Waals surface area contributed by atoms with Gasteiger partial charge in [-0.1, -0.05) is 0 Å². The fraction of sp³-hybridized carbons (Fsp3) is 0.500. The van der Waals surface area contributed by atoms with Crippen molar-refractivity contribution in [3.8, 4) is 11.5 Å². The number of carbonyl (C=O) groups is 2. The van der Waals surface area contributed by atoms with Gasteiger partial charge in [-0.25, -0.2) is 0 Å². The molecule has 0 bridgehead atoms. The molecule has 6 heteroatoms. The molecule has 1 rings (SSSR count). The number of likely N-dealkylation sites (N-methyl/N-ethyl adjacent to an activating group) is 2. The first-order valence-electron chi connectivity index (χ1n) is 7.24. The van der Waals surface area contributed by atoms with Gasteiger partial charge in [-0.05, 0) is 37.1 Å². The number of hydrogen-bond donors (Lipinski definition) is 1. The molecule has 1 aromatic carbocycles. The molecule has 0 aliphatic heterocycles. The number of benzene rings is 1. The number of nitrogens with one attached hydrogen (secondary N) is 1. The highest BCUT2D eigenvalue weighted by atomic mass is 16.5. The van der Waals surface area contributed by atoms with Crippen LogP contribution in [0.15, 0.2) is 18.2 Å². The van der Waals surface area contributed by atoms with Gasteiger partial charge in [0.15, 0.2) is 0 Å². The summed E-state index contributed by atoms with van der Waals surface area (Å²) in [6.45, 7) is 2.44. The second-order valence-electron chi connectivity index (χ2n) is 4.76. The number of amides is 2. The van der Waals surface area contributed by atoms with Crippen LogP contribution in [-0.2, 0) is 16.0 Å². The highest BCUT2D eigenvalue weighted by Crippen LogP contribution is 2.25. The van der Waals surface area contributed by atoms with E-state index >= 15 is 0 Å². The quantitative estimate of drug-likeness (QED) is 0.784. The van der Waals surface area contributed by atoms with E-state index in [1.54, 1.807) is 21.3 Å². The molecule has 0 fully saturated rings. The molecular formula is C16H24N2O4. The number of nitrogens with zero attached hydrogens (tertiary/aromatic N) is 1. The van der Waals surface area contributed by atoms with Crippen molar-refractivity contribution in [2.24, 2.45) is 0 Å². The number of hydrogen-bond acceptors (Lipinski definition) is 4. The van der Waals surface area contributed by atoms with Crippen LogP contribution >= 0.6 is 0 Å². The fourth-order valence-electron chi connectivity index (χ4n) is 2.11. The van der Waals surface area contributed by atoms with Crippen molar-refractivity contribution in [3.63, 3.8) is 0 Å². The average Bonchev–Trinajstić information content (AvgIpc) is 2.56. The summed E-state index contributed by atoms with van der Waals surface area (Å²) in [5, 5.41) is 2.52. The number of rotatable bonds is 8. The maximum Gasteiger partial charge on any atom is 0.239 e. The Morgan fingerprint density at radius 1 is 1.23 bits per heavy atom. The van der Waals surface area contributed by atoms with E-state index in [9.17, 15) is 9.59 Å². The molecule has 6 nitrogen and oxygen atoms in total. The Hall–Kier alpha value is -2.24. The molecule has 0 aromatic heterocycles. The van der Waals surface area contributed by atoms with Crippen molar-refractivity contribution in [1.82, 2.24) is 10.2 Å². The second-order valence-corrected chi connectivity index (χ2v) is 4.76. The predicted molar refractivity (Wildman–Crippen MR) is 84.2 cm³/mol. The van der Waals surface area contributed by atoms with Gasteiger partial charge in [0.2, 0.25) is 11.8 Å². The van der Waals surface area contributed by atoms with Crippen LogP contribution in [0.2, 0.25) is 0 Å². The van der Waals surface area contributed by atoms with Gasteiger partial charge in [0.05, 0.1) is 20.8 Å². The average molecular weight is 308 g/mol. The first kappa shape index (κ1) is 17.8. The third-order valence-electron chi connectivity index (χ3n) is 3.44. The molecule has 1 N–H and O–H groups in total. The van der Waals surface area contributed by atoms with Crippen LogP contribution in [-0.4, -0.2) is 51.1 Å². The summed E-state index contributed by atoms with van der Waals surface area (Å²) in [5.74, 6) is 1.22. The van der Waals surface area contributed by atoms with E-state index in [0.717, 1.165) is 17.1 Å². The van der Waals surface area contributed by atoms with Gasteiger partial charge in [0, 0.05) is 20.0 Å². The molecule has 0 heterocycles. The summed E-state index contributed by atoms with van der Waals surface area (Å²) in [5.41, 5.74) is 0.909. The molecule has 0 aliphatic rings. The number of methoxy groups -OCH3 is 2. The third kappa shape index (κ3) is 4.95. The normalized spacial score (nSPS) is 10.0. The van der Waals surface area contributed by atoms with Gasteiger partial charge in [0.1, 0.15) is 11.5 Å². The van der Waals surface area contributed by atoms with Crippen LogP contribution in [0.4, 0.5) is 0 Å². The molecule has 0 unspecified atom stereocenters. The molecule has 0 spiro atoms. The molecule has 1 aromatic rings. The van der Waals surface area contributed by atoms with Crippen molar-refractivity contribution in [3.05, 3.63) is 23.8 Å². The Balaban J connectivity index is 2.71. The van der Waals surface area contributed by atoms with E-state index in [2.05, 4.69) is 5.32 Å². The number of aryl methyl sites for hydroxylation is 1. The minimum absolute atomic E-state index is 0.0593. The third-order valence-corrected chi connectivity index (χ3v) is 3.44. The number of carbonyl (C=O) groups excluding carboxylic acids is 2. The van der Waals surface area contributed by atoms with Crippen molar-refractivity contribution in [2.45, 2.75) is 19.8 Å². The fourth-order valence-corrected chi connectivity index (χ4v) is 2.11. The molecule has 0 saturated heterocycles. The largest absolute Gasteiger partial charge is 0.497 e. The first-order valence-corrected chi connectivity index (χ1v) is 7.24. The van der Waals surface area contributed by atoms with Crippen LogP contribution in [0.1, 0.15) is 18.9 Å². The Bertz CT molecular complexity index is 517. The van der Waals surface area contributed by atoms with Crippen LogP contribution in [0.5, 0.6) is 11.5 Å². The lowest BCUT2D eigenvalue weighted by Gasteiger charge is -2.20. The van der Waals surface area contributed by atoms with E-state index in [0.29, 0.717) is 19.4 Å². The minimum Gasteiger partial charge on any atom is -0.497 e. The zero-order valence-electron chi connectivity index (χ0n) is 13.6. The molecule has 0 radical (unpaired) electrons. The monoisotopic (exact) mass is 308 g/mol. The summed E-state index contributed by atoms with van der Waals surface area (Å²) in [6, 6.07) is 5.50. The van der Waals surface area contributed by atoms with Crippen LogP contribution in [0.3, 0.4) is 0 Å². The predicted octanol–water partition coefficient (Wildman–Crippen LogP) is 1.23. The Morgan fingerprint density at radius 2 is 1.95 bits per heavy atom. The summed E-state index contributed by atoms with van der Waals surface area (Å²) >= 11 is 0. The Kier molecular flexibility index (Phi) is 7.22. The van der Waals surface area contributed by atoms with Gasteiger partial charge < -0.3 is 19.7 Å². The molecule has 0 atom stereocenters. The zero-order valence-corrected chi connectivity index (χ0v) is 13.6. The van der Waals surface area contributed by atoms with Crippen molar-refractivity contribution in [2.75, 3.05) is 34.4 Å². The van der Waals surface area contributed by atoms with Gasteiger partial charge >= 0.3 is 0 Å². The number of ether oxygens (including phenoxy) is 2. The maximum absolute atomic E-state index is 12.2. The Morgan fingerprint density at radius 3 is 2.50 bits per heavy atom. The van der Waals surface area contributed by atoms with Gasteiger partial charge in [-0.15, -0.1) is 0 Å². The molecule has 2 amide bonds. The lowest BCUT2D eigenvalue weighted by atomic mass is 10.1. The maximum atomic E-state index is 12.2. The van der Waals surface area contributed by atoms with E-state index in [1.807, 2.05) is 25.1 Å². The van der Waals surface area contributed by atoms with Crippen molar-refractivity contribution >= 4 is 11.8 Å². The van der Waals surface area contributed by atoms with E-state index in [1.165, 1.54) is 4.90 Å². The summed E-state index contributed by atoms with van der Waals surface area (Å²) < 4.78 is 10.5. The summed E-state index contributed by atoms with van der Waals surface area (Å²) in [4.78, 5) is 25.2. The van der Waals surface area contributed by atoms with Crippen LogP contribution in [0, 0.1) is 0 Å².